The lowest BCUT2D eigenvalue weighted by molar-refractivity contribution is 0.104. The van der Waals surface area contributed by atoms with Crippen molar-refractivity contribution in [3.63, 3.8) is 0 Å². The number of allylic oxidation sites excluding steroid dienone is 1. The lowest BCUT2D eigenvalue weighted by atomic mass is 10.1. The van der Waals surface area contributed by atoms with Crippen LogP contribution >= 0.6 is 0 Å². The predicted octanol–water partition coefficient (Wildman–Crippen LogP) is 2.08. The van der Waals surface area contributed by atoms with Gasteiger partial charge in [-0.3, -0.25) is 9.78 Å². The molecule has 0 saturated carbocycles. The first kappa shape index (κ1) is 11.0. The van der Waals surface area contributed by atoms with Gasteiger partial charge in [-0.25, -0.2) is 4.98 Å². The van der Waals surface area contributed by atoms with Crippen LogP contribution in [-0.4, -0.2) is 20.9 Å². The maximum absolute atomic E-state index is 11.7. The summed E-state index contributed by atoms with van der Waals surface area (Å²) in [6.07, 6.45) is 7.27. The van der Waals surface area contributed by atoms with E-state index in [4.69, 9.17) is 0 Å². The number of rotatable bonds is 3. The van der Waals surface area contributed by atoms with Gasteiger partial charge in [-0.05, 0) is 18.2 Å². The molecule has 2 rings (SSSR count). The van der Waals surface area contributed by atoms with Crippen molar-refractivity contribution in [3.8, 4) is 5.75 Å². The maximum atomic E-state index is 11.7. The number of carbonyl (C=O) groups excluding carboxylic acids is 1. The van der Waals surface area contributed by atoms with Crippen molar-refractivity contribution in [1.82, 2.24) is 9.97 Å². The number of aromatic hydroxyl groups is 1. The van der Waals surface area contributed by atoms with E-state index in [1.54, 1.807) is 30.3 Å². The van der Waals surface area contributed by atoms with Gasteiger partial charge in [-0.2, -0.15) is 0 Å². The molecule has 0 spiro atoms. The Labute approximate surface area is 98.3 Å². The number of para-hydroxylation sites is 1. The van der Waals surface area contributed by atoms with Crippen LogP contribution in [0.4, 0.5) is 0 Å². The first-order valence-corrected chi connectivity index (χ1v) is 5.04. The molecular formula is C13H10N2O2. The summed E-state index contributed by atoms with van der Waals surface area (Å²) in [5.74, 6) is -0.114. The minimum absolute atomic E-state index is 0.135. The van der Waals surface area contributed by atoms with Crippen LogP contribution in [0.25, 0.3) is 6.08 Å². The largest absolute Gasteiger partial charge is 0.507 e. The van der Waals surface area contributed by atoms with Crippen LogP contribution in [0.3, 0.4) is 0 Å². The zero-order valence-electron chi connectivity index (χ0n) is 8.95. The first-order chi connectivity index (χ1) is 8.27. The summed E-state index contributed by atoms with van der Waals surface area (Å²) in [6, 6.07) is 6.78. The predicted molar refractivity (Wildman–Crippen MR) is 63.5 cm³/mol. The summed E-state index contributed by atoms with van der Waals surface area (Å²) in [4.78, 5) is 19.4. The molecule has 0 aliphatic heterocycles. The molecule has 4 heteroatoms. The Balaban J connectivity index is 2.17. The number of hydrogen-bond acceptors (Lipinski definition) is 4. The Morgan fingerprint density at radius 3 is 2.76 bits per heavy atom. The van der Waals surface area contributed by atoms with Gasteiger partial charge in [-0.15, -0.1) is 0 Å². The average Bonchev–Trinajstić information content (AvgIpc) is 2.38. The van der Waals surface area contributed by atoms with Crippen LogP contribution < -0.4 is 0 Å². The number of phenolic OH excluding ortho intramolecular Hbond substituents is 1. The highest BCUT2D eigenvalue weighted by molar-refractivity contribution is 6.05. The number of nitrogens with zero attached hydrogens (tertiary/aromatic N) is 2. The van der Waals surface area contributed by atoms with Crippen LogP contribution in [0.5, 0.6) is 5.75 Å². The second kappa shape index (κ2) is 5.03. The van der Waals surface area contributed by atoms with Crippen molar-refractivity contribution in [2.45, 2.75) is 0 Å². The van der Waals surface area contributed by atoms with Crippen molar-refractivity contribution < 1.29 is 9.90 Å². The van der Waals surface area contributed by atoms with Gasteiger partial charge in [0, 0.05) is 18.0 Å². The summed E-state index contributed by atoms with van der Waals surface area (Å²) >= 11 is 0. The topological polar surface area (TPSA) is 63.1 Å². The van der Waals surface area contributed by atoms with E-state index in [-0.39, 0.29) is 17.2 Å². The molecule has 17 heavy (non-hydrogen) atoms. The zero-order valence-corrected chi connectivity index (χ0v) is 8.95. The third-order valence-corrected chi connectivity index (χ3v) is 2.17. The molecule has 1 aromatic carbocycles. The van der Waals surface area contributed by atoms with Gasteiger partial charge < -0.3 is 5.11 Å². The summed E-state index contributed by atoms with van der Waals surface area (Å²) in [5.41, 5.74) is 0.865. The van der Waals surface area contributed by atoms with Gasteiger partial charge in [0.25, 0.3) is 0 Å². The highest BCUT2D eigenvalue weighted by Crippen LogP contribution is 2.17. The molecule has 0 aliphatic rings. The Bertz CT molecular complexity index is 550. The minimum atomic E-state index is -0.249. The molecule has 1 heterocycles. The van der Waals surface area contributed by atoms with E-state index in [1.807, 2.05) is 0 Å². The molecule has 0 aliphatic carbocycles. The van der Waals surface area contributed by atoms with Crippen LogP contribution in [0.15, 0.2) is 48.9 Å². The van der Waals surface area contributed by atoms with E-state index in [9.17, 15) is 9.90 Å². The summed E-state index contributed by atoms with van der Waals surface area (Å²) < 4.78 is 0. The SMILES string of the molecule is O=C(C=Cc1ccccc1O)c1cnccn1. The quantitative estimate of drug-likeness (QED) is 0.642. The monoisotopic (exact) mass is 226 g/mol. The highest BCUT2D eigenvalue weighted by Gasteiger charge is 2.02. The molecule has 0 atom stereocenters. The Kier molecular flexibility index (Phi) is 3.25. The highest BCUT2D eigenvalue weighted by atomic mass is 16.3. The average molecular weight is 226 g/mol. The van der Waals surface area contributed by atoms with E-state index in [0.29, 0.717) is 5.56 Å². The maximum Gasteiger partial charge on any atom is 0.205 e. The van der Waals surface area contributed by atoms with Gasteiger partial charge in [0.05, 0.1) is 6.20 Å². The summed E-state index contributed by atoms with van der Waals surface area (Å²) in [5, 5.41) is 9.50. The van der Waals surface area contributed by atoms with Gasteiger partial charge in [0.15, 0.2) is 0 Å². The molecule has 1 N–H and O–H groups in total. The molecule has 0 radical (unpaired) electrons. The van der Waals surface area contributed by atoms with Crippen molar-refractivity contribution in [3.05, 3.63) is 60.2 Å². The van der Waals surface area contributed by atoms with E-state index in [2.05, 4.69) is 9.97 Å². The van der Waals surface area contributed by atoms with E-state index >= 15 is 0 Å². The van der Waals surface area contributed by atoms with Crippen LogP contribution in [-0.2, 0) is 0 Å². The fourth-order valence-corrected chi connectivity index (χ4v) is 1.31. The number of benzene rings is 1. The van der Waals surface area contributed by atoms with Gasteiger partial charge in [-0.1, -0.05) is 18.2 Å². The van der Waals surface area contributed by atoms with Crippen LogP contribution in [0.2, 0.25) is 0 Å². The van der Waals surface area contributed by atoms with Gasteiger partial charge in [0.1, 0.15) is 11.4 Å². The van der Waals surface area contributed by atoms with Crippen molar-refractivity contribution in [1.29, 1.82) is 0 Å². The minimum Gasteiger partial charge on any atom is -0.507 e. The fourth-order valence-electron chi connectivity index (χ4n) is 1.31. The van der Waals surface area contributed by atoms with Crippen molar-refractivity contribution in [2.75, 3.05) is 0 Å². The second-order valence-electron chi connectivity index (χ2n) is 3.35. The standard InChI is InChI=1S/C13H10N2O2/c16-12-4-2-1-3-10(12)5-6-13(17)11-9-14-7-8-15-11/h1-9,16H. The molecule has 84 valence electrons. The second-order valence-corrected chi connectivity index (χ2v) is 3.35. The third kappa shape index (κ3) is 2.75. The van der Waals surface area contributed by atoms with E-state index in [1.165, 1.54) is 24.7 Å². The number of hydrogen-bond donors (Lipinski definition) is 1. The fraction of sp³-hybridized carbons (Fsp3) is 0. The van der Waals surface area contributed by atoms with Crippen LogP contribution in [0.1, 0.15) is 16.1 Å². The Morgan fingerprint density at radius 2 is 2.06 bits per heavy atom. The molecule has 4 nitrogen and oxygen atoms in total. The van der Waals surface area contributed by atoms with E-state index in [0.717, 1.165) is 0 Å². The molecule has 0 bridgehead atoms. The van der Waals surface area contributed by atoms with Crippen molar-refractivity contribution >= 4 is 11.9 Å². The Morgan fingerprint density at radius 1 is 1.24 bits per heavy atom. The third-order valence-electron chi connectivity index (χ3n) is 2.17. The molecule has 0 fully saturated rings. The molecule has 2 aromatic rings. The molecule has 0 amide bonds. The summed E-state index contributed by atoms with van der Waals surface area (Å²) in [6.45, 7) is 0. The molecular weight excluding hydrogens is 216 g/mol. The number of ketones is 1. The number of aromatic nitrogens is 2. The van der Waals surface area contributed by atoms with Gasteiger partial charge >= 0.3 is 0 Å². The zero-order chi connectivity index (χ0) is 12.1. The molecule has 0 saturated heterocycles. The number of carbonyl (C=O) groups is 1. The molecule has 0 unspecified atom stereocenters. The lowest BCUT2D eigenvalue weighted by Gasteiger charge is -1.97. The van der Waals surface area contributed by atoms with Crippen LogP contribution in [0, 0.1) is 0 Å². The smallest absolute Gasteiger partial charge is 0.205 e. The normalized spacial score (nSPS) is 10.6. The Hall–Kier alpha value is -2.49. The summed E-state index contributed by atoms with van der Waals surface area (Å²) in [7, 11) is 0. The van der Waals surface area contributed by atoms with Gasteiger partial charge in [0.2, 0.25) is 5.78 Å². The molecule has 1 aromatic heterocycles. The number of phenols is 1. The first-order valence-electron chi connectivity index (χ1n) is 5.04. The van der Waals surface area contributed by atoms with E-state index < -0.39 is 0 Å². The lowest BCUT2D eigenvalue weighted by Crippen LogP contribution is -1.97. The van der Waals surface area contributed by atoms with Crippen molar-refractivity contribution in [2.24, 2.45) is 0 Å².